The van der Waals surface area contributed by atoms with Crippen LogP contribution in [-0.4, -0.2) is 40.1 Å². The van der Waals surface area contributed by atoms with E-state index in [1.54, 1.807) is 6.07 Å². The van der Waals surface area contributed by atoms with E-state index in [-0.39, 0.29) is 18.2 Å². The Morgan fingerprint density at radius 3 is 2.48 bits per heavy atom. The van der Waals surface area contributed by atoms with Crippen molar-refractivity contribution in [2.45, 2.75) is 20.8 Å². The van der Waals surface area contributed by atoms with E-state index in [4.69, 9.17) is 9.63 Å². The molecule has 0 aliphatic heterocycles. The van der Waals surface area contributed by atoms with E-state index in [9.17, 15) is 9.59 Å². The zero-order chi connectivity index (χ0) is 17.0. The Bertz CT molecular complexity index is 689. The first-order chi connectivity index (χ1) is 10.9. The highest BCUT2D eigenvalue weighted by Crippen LogP contribution is 2.20. The molecule has 23 heavy (non-hydrogen) atoms. The molecule has 1 amide bonds. The maximum Gasteiger partial charge on any atom is 0.323 e. The number of benzene rings is 1. The number of hydrogen-bond donors (Lipinski definition) is 1. The Hall–Kier alpha value is -2.63. The van der Waals surface area contributed by atoms with Gasteiger partial charge in [-0.1, -0.05) is 48.8 Å². The summed E-state index contributed by atoms with van der Waals surface area (Å²) < 4.78 is 5.12. The highest BCUT2D eigenvalue weighted by Gasteiger charge is 2.23. The van der Waals surface area contributed by atoms with Crippen LogP contribution in [0.1, 0.15) is 30.0 Å². The second-order valence-electron chi connectivity index (χ2n) is 5.92. The monoisotopic (exact) mass is 316 g/mol. The fourth-order valence-electron chi connectivity index (χ4n) is 2.22. The van der Waals surface area contributed by atoms with E-state index in [0.29, 0.717) is 12.2 Å². The van der Waals surface area contributed by atoms with Gasteiger partial charge in [-0.15, -0.1) is 0 Å². The molecule has 0 saturated carbocycles. The van der Waals surface area contributed by atoms with Gasteiger partial charge in [0.05, 0.1) is 0 Å². The second-order valence-corrected chi connectivity index (χ2v) is 5.92. The first-order valence-electron chi connectivity index (χ1n) is 7.41. The molecule has 0 aliphatic rings. The van der Waals surface area contributed by atoms with Gasteiger partial charge < -0.3 is 14.5 Å². The van der Waals surface area contributed by atoms with Gasteiger partial charge in [-0.2, -0.15) is 0 Å². The van der Waals surface area contributed by atoms with Gasteiger partial charge in [0.2, 0.25) is 5.76 Å². The highest BCUT2D eigenvalue weighted by molar-refractivity contribution is 5.94. The molecule has 0 fully saturated rings. The van der Waals surface area contributed by atoms with Gasteiger partial charge in [0.1, 0.15) is 12.2 Å². The van der Waals surface area contributed by atoms with Crippen LogP contribution in [-0.2, 0) is 4.79 Å². The lowest BCUT2D eigenvalue weighted by atomic mass is 10.1. The van der Waals surface area contributed by atoms with Crippen molar-refractivity contribution in [3.05, 3.63) is 41.7 Å². The molecule has 0 atom stereocenters. The van der Waals surface area contributed by atoms with E-state index in [1.165, 1.54) is 4.90 Å². The van der Waals surface area contributed by atoms with Gasteiger partial charge >= 0.3 is 5.97 Å². The van der Waals surface area contributed by atoms with Crippen molar-refractivity contribution in [2.75, 3.05) is 13.1 Å². The van der Waals surface area contributed by atoms with Crippen LogP contribution in [0, 0.1) is 12.8 Å². The Labute approximate surface area is 134 Å². The van der Waals surface area contributed by atoms with Crippen LogP contribution in [0.2, 0.25) is 0 Å². The van der Waals surface area contributed by atoms with Gasteiger partial charge in [0, 0.05) is 18.2 Å². The van der Waals surface area contributed by atoms with Gasteiger partial charge in [-0.05, 0) is 12.8 Å². The van der Waals surface area contributed by atoms with E-state index in [0.717, 1.165) is 11.1 Å². The summed E-state index contributed by atoms with van der Waals surface area (Å²) in [5.41, 5.74) is 2.51. The molecule has 0 saturated heterocycles. The first-order valence-corrected chi connectivity index (χ1v) is 7.41. The molecule has 6 heteroatoms. The highest BCUT2D eigenvalue weighted by atomic mass is 16.5. The molecule has 1 aromatic heterocycles. The van der Waals surface area contributed by atoms with Gasteiger partial charge in [0.25, 0.3) is 5.91 Å². The molecule has 0 spiro atoms. The lowest BCUT2D eigenvalue weighted by Crippen LogP contribution is -2.38. The Balaban J connectivity index is 2.21. The number of carboxylic acids is 1. The third kappa shape index (κ3) is 4.42. The number of aliphatic carboxylic acids is 1. The normalized spacial score (nSPS) is 10.8. The van der Waals surface area contributed by atoms with Crippen molar-refractivity contribution in [2.24, 2.45) is 5.92 Å². The fraction of sp³-hybridized carbons (Fsp3) is 0.353. The van der Waals surface area contributed by atoms with Crippen LogP contribution in [0.3, 0.4) is 0 Å². The number of carboxylic acid groups (broad SMARTS) is 1. The lowest BCUT2D eigenvalue weighted by Gasteiger charge is -2.21. The van der Waals surface area contributed by atoms with Crippen LogP contribution in [0.5, 0.6) is 0 Å². The van der Waals surface area contributed by atoms with Crippen molar-refractivity contribution in [3.63, 3.8) is 0 Å². The topological polar surface area (TPSA) is 83.6 Å². The molecule has 2 aromatic rings. The molecule has 0 unspecified atom stereocenters. The lowest BCUT2D eigenvalue weighted by molar-refractivity contribution is -0.137. The van der Waals surface area contributed by atoms with E-state index < -0.39 is 11.9 Å². The number of carbonyl (C=O) groups is 2. The number of nitrogens with zero attached hydrogens (tertiary/aromatic N) is 2. The summed E-state index contributed by atoms with van der Waals surface area (Å²) in [6, 6.07) is 9.22. The smallest absolute Gasteiger partial charge is 0.323 e. The summed E-state index contributed by atoms with van der Waals surface area (Å²) in [5, 5.41) is 12.9. The summed E-state index contributed by atoms with van der Waals surface area (Å²) in [6.45, 7) is 5.79. The average molecular weight is 316 g/mol. The number of hydrogen-bond acceptors (Lipinski definition) is 4. The second kappa shape index (κ2) is 7.09. The van der Waals surface area contributed by atoms with E-state index >= 15 is 0 Å². The van der Waals surface area contributed by atoms with Crippen LogP contribution < -0.4 is 0 Å². The Kier molecular flexibility index (Phi) is 5.16. The summed E-state index contributed by atoms with van der Waals surface area (Å²) in [7, 11) is 0. The van der Waals surface area contributed by atoms with Crippen molar-refractivity contribution in [1.29, 1.82) is 0 Å². The fourth-order valence-corrected chi connectivity index (χ4v) is 2.22. The third-order valence-electron chi connectivity index (χ3n) is 3.27. The number of carbonyl (C=O) groups excluding carboxylic acids is 1. The summed E-state index contributed by atoms with van der Waals surface area (Å²) >= 11 is 0. The quantitative estimate of drug-likeness (QED) is 0.886. The number of aromatic nitrogens is 1. The van der Waals surface area contributed by atoms with E-state index in [1.807, 2.05) is 45.0 Å². The maximum absolute atomic E-state index is 12.4. The molecule has 1 heterocycles. The Morgan fingerprint density at radius 2 is 1.91 bits per heavy atom. The molecule has 1 aromatic carbocycles. The maximum atomic E-state index is 12.4. The molecular formula is C17H20N2O4. The zero-order valence-corrected chi connectivity index (χ0v) is 13.4. The SMILES string of the molecule is Cc1ccc(-c2cc(C(=O)N(CC(=O)O)CC(C)C)on2)cc1. The van der Waals surface area contributed by atoms with Crippen LogP contribution in [0.4, 0.5) is 0 Å². The minimum absolute atomic E-state index is 0.0440. The average Bonchev–Trinajstić information content (AvgIpc) is 2.95. The molecule has 6 nitrogen and oxygen atoms in total. The molecule has 0 bridgehead atoms. The predicted octanol–water partition coefficient (Wildman–Crippen LogP) is 2.83. The molecule has 1 N–H and O–H groups in total. The largest absolute Gasteiger partial charge is 0.480 e. The van der Waals surface area contributed by atoms with Crippen molar-refractivity contribution >= 4 is 11.9 Å². The summed E-state index contributed by atoms with van der Waals surface area (Å²) in [4.78, 5) is 24.6. The van der Waals surface area contributed by atoms with Crippen molar-refractivity contribution in [3.8, 4) is 11.3 Å². The number of rotatable bonds is 6. The Morgan fingerprint density at radius 1 is 1.26 bits per heavy atom. The molecule has 0 aliphatic carbocycles. The minimum atomic E-state index is -1.06. The molecule has 0 radical (unpaired) electrons. The van der Waals surface area contributed by atoms with Crippen LogP contribution >= 0.6 is 0 Å². The summed E-state index contributed by atoms with van der Waals surface area (Å²) in [6.07, 6.45) is 0. The van der Waals surface area contributed by atoms with Crippen LogP contribution in [0.15, 0.2) is 34.9 Å². The molecular weight excluding hydrogens is 296 g/mol. The third-order valence-corrected chi connectivity index (χ3v) is 3.27. The predicted molar refractivity (Wildman–Crippen MR) is 85.1 cm³/mol. The van der Waals surface area contributed by atoms with Gasteiger partial charge in [0.15, 0.2) is 0 Å². The zero-order valence-electron chi connectivity index (χ0n) is 13.4. The number of aryl methyl sites for hydroxylation is 1. The van der Waals surface area contributed by atoms with E-state index in [2.05, 4.69) is 5.16 Å². The standard InChI is InChI=1S/C17H20N2O4/c1-11(2)9-19(10-16(20)21)17(22)15-8-14(18-23-15)13-6-4-12(3)5-7-13/h4-8,11H,9-10H2,1-3H3,(H,20,21). The minimum Gasteiger partial charge on any atom is -0.480 e. The van der Waals surface area contributed by atoms with Crippen molar-refractivity contribution in [1.82, 2.24) is 10.1 Å². The first kappa shape index (κ1) is 16.7. The van der Waals surface area contributed by atoms with Gasteiger partial charge in [-0.3, -0.25) is 9.59 Å². The van der Waals surface area contributed by atoms with Gasteiger partial charge in [-0.25, -0.2) is 0 Å². The van der Waals surface area contributed by atoms with Crippen molar-refractivity contribution < 1.29 is 19.2 Å². The summed E-state index contributed by atoms with van der Waals surface area (Å²) in [5.74, 6) is -1.33. The van der Waals surface area contributed by atoms with Crippen LogP contribution in [0.25, 0.3) is 11.3 Å². The molecule has 2 rings (SSSR count). The number of amides is 1. The molecule has 122 valence electrons.